The molecule has 112 valence electrons. The van der Waals surface area contributed by atoms with Crippen molar-refractivity contribution in [1.82, 2.24) is 5.32 Å². The average Bonchev–Trinajstić information content (AvgIpc) is 2.48. The summed E-state index contributed by atoms with van der Waals surface area (Å²) in [5, 5.41) is 3.27. The maximum Gasteiger partial charge on any atom is 0.0548 e. The minimum absolute atomic E-state index is 0.0915. The summed E-state index contributed by atoms with van der Waals surface area (Å²) in [4.78, 5) is 0.863. The van der Waals surface area contributed by atoms with Crippen LogP contribution in [0.4, 0.5) is 0 Å². The lowest BCUT2D eigenvalue weighted by Crippen LogP contribution is -2.23. The number of halogens is 1. The Morgan fingerprint density at radius 3 is 2.33 bits per heavy atom. The van der Waals surface area contributed by atoms with Gasteiger partial charge in [-0.15, -0.1) is 0 Å². The number of hydrogen-bond donors (Lipinski definition) is 1. The molecule has 0 bridgehead atoms. The number of hydrogen-bond acceptors (Lipinski definition) is 2. The highest BCUT2D eigenvalue weighted by Gasteiger charge is 2.15. The second-order valence-electron chi connectivity index (χ2n) is 5.15. The quantitative estimate of drug-likeness (QED) is 0.862. The van der Waals surface area contributed by atoms with Gasteiger partial charge in [0.2, 0.25) is 0 Å². The summed E-state index contributed by atoms with van der Waals surface area (Å²) in [7, 11) is 0.898. The van der Waals surface area contributed by atoms with Gasteiger partial charge >= 0.3 is 0 Å². The normalized spacial score (nSPS) is 13.9. The molecule has 2 unspecified atom stereocenters. The van der Waals surface area contributed by atoms with Crippen molar-refractivity contribution in [1.29, 1.82) is 0 Å². The predicted molar refractivity (Wildman–Crippen MR) is 93.1 cm³/mol. The van der Waals surface area contributed by atoms with Gasteiger partial charge in [0.25, 0.3) is 0 Å². The van der Waals surface area contributed by atoms with Crippen LogP contribution in [0, 0.1) is 13.8 Å². The highest BCUT2D eigenvalue weighted by Crippen LogP contribution is 2.21. The molecule has 0 radical (unpaired) electrons. The van der Waals surface area contributed by atoms with Gasteiger partial charge in [0.05, 0.1) is 10.8 Å². The van der Waals surface area contributed by atoms with Crippen LogP contribution >= 0.6 is 15.9 Å². The molecule has 0 aromatic heterocycles. The van der Waals surface area contributed by atoms with E-state index in [0.717, 1.165) is 9.37 Å². The first-order valence-electron chi connectivity index (χ1n) is 6.89. The Labute approximate surface area is 137 Å². The minimum Gasteiger partial charge on any atom is -0.312 e. The second-order valence-corrected chi connectivity index (χ2v) is 7.56. The summed E-state index contributed by atoms with van der Waals surface area (Å²) in [5.41, 5.74) is 3.73. The van der Waals surface area contributed by atoms with Crippen molar-refractivity contribution in [3.8, 4) is 0 Å². The summed E-state index contributed by atoms with van der Waals surface area (Å²) in [5.74, 6) is 0.570. The summed E-state index contributed by atoms with van der Waals surface area (Å²) < 4.78 is 13.5. The molecular formula is C17H20BrNOS. The van der Waals surface area contributed by atoms with Crippen LogP contribution in [0.2, 0.25) is 0 Å². The monoisotopic (exact) mass is 365 g/mol. The second kappa shape index (κ2) is 7.34. The van der Waals surface area contributed by atoms with Crippen molar-refractivity contribution in [2.45, 2.75) is 24.8 Å². The van der Waals surface area contributed by atoms with Crippen LogP contribution < -0.4 is 5.32 Å². The molecule has 0 amide bonds. The van der Waals surface area contributed by atoms with E-state index in [1.165, 1.54) is 16.7 Å². The fourth-order valence-electron chi connectivity index (χ4n) is 2.16. The molecule has 2 aromatic carbocycles. The third-order valence-electron chi connectivity index (χ3n) is 3.68. The molecule has 0 fully saturated rings. The Balaban J connectivity index is 2.16. The van der Waals surface area contributed by atoms with Gasteiger partial charge in [0, 0.05) is 21.2 Å². The molecule has 2 aromatic rings. The zero-order valence-corrected chi connectivity index (χ0v) is 14.9. The van der Waals surface area contributed by atoms with Crippen LogP contribution in [0.3, 0.4) is 0 Å². The van der Waals surface area contributed by atoms with Crippen molar-refractivity contribution in [3.63, 3.8) is 0 Å². The molecule has 4 heteroatoms. The van der Waals surface area contributed by atoms with E-state index in [2.05, 4.69) is 53.3 Å². The zero-order chi connectivity index (χ0) is 15.4. The number of aryl methyl sites for hydroxylation is 2. The van der Waals surface area contributed by atoms with Crippen molar-refractivity contribution in [3.05, 3.63) is 63.6 Å². The first kappa shape index (κ1) is 16.4. The Morgan fingerprint density at radius 1 is 1.10 bits per heavy atom. The summed E-state index contributed by atoms with van der Waals surface area (Å²) in [6.45, 7) is 4.21. The third kappa shape index (κ3) is 4.25. The third-order valence-corrected chi connectivity index (χ3v) is 5.64. The van der Waals surface area contributed by atoms with E-state index in [0.29, 0.717) is 5.75 Å². The highest BCUT2D eigenvalue weighted by atomic mass is 79.9. The van der Waals surface area contributed by atoms with E-state index in [1.807, 2.05) is 31.3 Å². The van der Waals surface area contributed by atoms with E-state index in [1.54, 1.807) is 0 Å². The van der Waals surface area contributed by atoms with Gasteiger partial charge in [-0.1, -0.05) is 34.1 Å². The van der Waals surface area contributed by atoms with Gasteiger partial charge < -0.3 is 5.32 Å². The average molecular weight is 366 g/mol. The van der Waals surface area contributed by atoms with Crippen molar-refractivity contribution >= 4 is 26.7 Å². The summed E-state index contributed by atoms with van der Waals surface area (Å²) in [6, 6.07) is 14.2. The van der Waals surface area contributed by atoms with E-state index >= 15 is 0 Å². The van der Waals surface area contributed by atoms with Gasteiger partial charge in [-0.05, 0) is 61.9 Å². The Hall–Kier alpha value is -0.970. The zero-order valence-electron chi connectivity index (χ0n) is 12.5. The molecule has 0 saturated heterocycles. The topological polar surface area (TPSA) is 29.1 Å². The van der Waals surface area contributed by atoms with Crippen LogP contribution in [-0.4, -0.2) is 17.0 Å². The first-order chi connectivity index (χ1) is 10.0. The van der Waals surface area contributed by atoms with Gasteiger partial charge in [0.1, 0.15) is 0 Å². The molecule has 21 heavy (non-hydrogen) atoms. The van der Waals surface area contributed by atoms with Gasteiger partial charge in [0.15, 0.2) is 0 Å². The maximum atomic E-state index is 12.5. The van der Waals surface area contributed by atoms with Crippen molar-refractivity contribution < 1.29 is 4.21 Å². The smallest absolute Gasteiger partial charge is 0.0548 e. The largest absolute Gasteiger partial charge is 0.312 e. The van der Waals surface area contributed by atoms with Crippen LogP contribution in [0.5, 0.6) is 0 Å². The Bertz CT molecular complexity index is 640. The molecule has 0 aliphatic rings. The van der Waals surface area contributed by atoms with Crippen molar-refractivity contribution in [2.24, 2.45) is 0 Å². The van der Waals surface area contributed by atoms with E-state index in [9.17, 15) is 4.21 Å². The lowest BCUT2D eigenvalue weighted by atomic mass is 10.0. The first-order valence-corrected chi connectivity index (χ1v) is 9.01. The van der Waals surface area contributed by atoms with Gasteiger partial charge in [-0.25, -0.2) is 0 Å². The molecule has 1 N–H and O–H groups in total. The summed E-state index contributed by atoms with van der Waals surface area (Å²) >= 11 is 3.40. The molecule has 2 atom stereocenters. The molecule has 2 nitrogen and oxygen atoms in total. The van der Waals surface area contributed by atoms with E-state index < -0.39 is 10.8 Å². The fraction of sp³-hybridized carbons (Fsp3) is 0.294. The van der Waals surface area contributed by atoms with Crippen LogP contribution in [-0.2, 0) is 10.8 Å². The molecule has 0 heterocycles. The SMILES string of the molecule is CNC(CS(=O)c1ccc(Br)cc1)c1ccc(C)c(C)c1. The molecule has 0 aliphatic carbocycles. The van der Waals surface area contributed by atoms with Crippen molar-refractivity contribution in [2.75, 3.05) is 12.8 Å². The standard InChI is InChI=1S/C17H20BrNOS/c1-12-4-5-14(10-13(12)2)17(19-3)11-21(20)16-8-6-15(18)7-9-16/h4-10,17,19H,11H2,1-3H3. The number of benzene rings is 2. The van der Waals surface area contributed by atoms with Gasteiger partial charge in [-0.3, -0.25) is 4.21 Å². The lowest BCUT2D eigenvalue weighted by Gasteiger charge is -2.17. The fourth-order valence-corrected chi connectivity index (χ4v) is 3.72. The lowest BCUT2D eigenvalue weighted by molar-refractivity contribution is 0.635. The molecule has 0 spiro atoms. The van der Waals surface area contributed by atoms with Crippen LogP contribution in [0.1, 0.15) is 22.7 Å². The maximum absolute atomic E-state index is 12.5. The molecule has 0 saturated carbocycles. The summed E-state index contributed by atoms with van der Waals surface area (Å²) in [6.07, 6.45) is 0. The molecule has 2 rings (SSSR count). The Kier molecular flexibility index (Phi) is 5.73. The molecule has 0 aliphatic heterocycles. The minimum atomic E-state index is -1.02. The number of nitrogens with one attached hydrogen (secondary N) is 1. The van der Waals surface area contributed by atoms with Crippen LogP contribution in [0.15, 0.2) is 51.8 Å². The predicted octanol–water partition coefficient (Wildman–Crippen LogP) is 4.13. The molecular weight excluding hydrogens is 346 g/mol. The van der Waals surface area contributed by atoms with Gasteiger partial charge in [-0.2, -0.15) is 0 Å². The number of rotatable bonds is 5. The van der Waals surface area contributed by atoms with Crippen LogP contribution in [0.25, 0.3) is 0 Å². The van der Waals surface area contributed by atoms with E-state index in [-0.39, 0.29) is 6.04 Å². The highest BCUT2D eigenvalue weighted by molar-refractivity contribution is 9.10. The Morgan fingerprint density at radius 2 is 1.76 bits per heavy atom. The van der Waals surface area contributed by atoms with E-state index in [4.69, 9.17) is 0 Å².